The van der Waals surface area contributed by atoms with E-state index in [4.69, 9.17) is 14.7 Å². The van der Waals surface area contributed by atoms with E-state index in [9.17, 15) is 4.79 Å². The fraction of sp³-hybridized carbons (Fsp3) is 0.360. The maximum Gasteiger partial charge on any atom is 0.326 e. The Labute approximate surface area is 208 Å². The lowest BCUT2D eigenvalue weighted by Crippen LogP contribution is -2.47. The van der Waals surface area contributed by atoms with Crippen molar-refractivity contribution in [2.75, 3.05) is 47.6 Å². The highest BCUT2D eigenvalue weighted by Crippen LogP contribution is 2.33. The Hall–Kier alpha value is -4.28. The first-order valence-corrected chi connectivity index (χ1v) is 12.2. The summed E-state index contributed by atoms with van der Waals surface area (Å²) in [5.74, 6) is 1.09. The Morgan fingerprint density at radius 2 is 1.83 bits per heavy atom. The van der Waals surface area contributed by atoms with Crippen LogP contribution in [0.2, 0.25) is 0 Å². The van der Waals surface area contributed by atoms with Crippen LogP contribution in [0.5, 0.6) is 0 Å². The molecule has 0 aromatic carbocycles. The quantitative estimate of drug-likeness (QED) is 0.485. The van der Waals surface area contributed by atoms with Gasteiger partial charge in [0.2, 0.25) is 5.95 Å². The van der Waals surface area contributed by atoms with Crippen molar-refractivity contribution in [2.45, 2.75) is 19.5 Å². The van der Waals surface area contributed by atoms with E-state index < -0.39 is 0 Å². The topological polar surface area (TPSA) is 105 Å². The highest BCUT2D eigenvalue weighted by molar-refractivity contribution is 5.88. The number of allylic oxidation sites excluding steroid dienone is 2. The van der Waals surface area contributed by atoms with Crippen LogP contribution in [-0.2, 0) is 16.1 Å². The van der Waals surface area contributed by atoms with Gasteiger partial charge in [-0.15, -0.1) is 0 Å². The number of anilines is 3. The van der Waals surface area contributed by atoms with Crippen molar-refractivity contribution in [3.05, 3.63) is 55.2 Å². The van der Waals surface area contributed by atoms with Crippen molar-refractivity contribution < 1.29 is 9.53 Å². The first kappa shape index (κ1) is 22.2. The molecule has 2 atom stereocenters. The van der Waals surface area contributed by atoms with Crippen molar-refractivity contribution >= 4 is 40.8 Å². The molecule has 0 spiro atoms. The number of hydrogen-bond donors (Lipinski definition) is 0. The second-order valence-electron chi connectivity index (χ2n) is 8.82. The van der Waals surface area contributed by atoms with Crippen molar-refractivity contribution in [3.63, 3.8) is 0 Å². The lowest BCUT2D eigenvalue weighted by Gasteiger charge is -2.36. The second-order valence-corrected chi connectivity index (χ2v) is 8.82. The minimum absolute atomic E-state index is 0.0275. The molecule has 11 nitrogen and oxygen atoms in total. The lowest BCUT2D eigenvalue weighted by molar-refractivity contribution is -0.143. The van der Waals surface area contributed by atoms with Gasteiger partial charge < -0.3 is 19.1 Å². The Morgan fingerprint density at radius 3 is 2.64 bits per heavy atom. The van der Waals surface area contributed by atoms with Crippen LogP contribution in [0.3, 0.4) is 0 Å². The number of aromatic nitrogens is 5. The van der Waals surface area contributed by atoms with Gasteiger partial charge in [0.25, 0.3) is 0 Å². The number of carbonyl (C=O) groups excluding carboxylic acids is 1. The Kier molecular flexibility index (Phi) is 5.80. The third-order valence-corrected chi connectivity index (χ3v) is 6.64. The summed E-state index contributed by atoms with van der Waals surface area (Å²) in [6, 6.07) is 4.08. The van der Waals surface area contributed by atoms with Gasteiger partial charge in [0.05, 0.1) is 19.0 Å². The van der Waals surface area contributed by atoms with Gasteiger partial charge in [-0.05, 0) is 19.1 Å². The van der Waals surface area contributed by atoms with E-state index >= 15 is 0 Å². The highest BCUT2D eigenvalue weighted by atomic mass is 16.5. The third kappa shape index (κ3) is 4.06. The molecule has 2 unspecified atom stereocenters. The lowest BCUT2D eigenvalue weighted by atomic mass is 9.97. The Bertz CT molecular complexity index is 1340. The molecule has 36 heavy (non-hydrogen) atoms. The molecule has 3 aromatic heterocycles. The molecule has 0 radical (unpaired) electrons. The van der Waals surface area contributed by atoms with Crippen LogP contribution in [0.4, 0.5) is 17.5 Å². The number of hydrazone groups is 1. The highest BCUT2D eigenvalue weighted by Gasteiger charge is 2.33. The molecule has 3 aromatic rings. The molecule has 1 fully saturated rings. The van der Waals surface area contributed by atoms with E-state index in [2.05, 4.69) is 37.0 Å². The predicted octanol–water partition coefficient (Wildman–Crippen LogP) is 2.03. The van der Waals surface area contributed by atoms with Crippen LogP contribution in [-0.4, -0.2) is 75.5 Å². The zero-order valence-corrected chi connectivity index (χ0v) is 20.0. The molecular weight excluding hydrogens is 458 g/mol. The van der Waals surface area contributed by atoms with Crippen molar-refractivity contribution in [2.24, 2.45) is 11.0 Å². The SMILES string of the molecule is CCOC(=O)Cn1cnc2c(N3N=CC4C=CC=CC43)nc(N3CCN(c4ccncc4)CC3)nc21. The molecule has 0 bridgehead atoms. The maximum atomic E-state index is 12.3. The normalized spacial score (nSPS) is 20.9. The van der Waals surface area contributed by atoms with E-state index in [1.54, 1.807) is 17.8 Å². The first-order chi connectivity index (χ1) is 17.7. The summed E-state index contributed by atoms with van der Waals surface area (Å²) in [5, 5.41) is 6.59. The molecule has 1 aliphatic carbocycles. The smallest absolute Gasteiger partial charge is 0.326 e. The average Bonchev–Trinajstić information content (AvgIpc) is 3.53. The fourth-order valence-electron chi connectivity index (χ4n) is 4.82. The number of carbonyl (C=O) groups is 1. The summed E-state index contributed by atoms with van der Waals surface area (Å²) < 4.78 is 6.89. The van der Waals surface area contributed by atoms with Gasteiger partial charge in [0.1, 0.15) is 6.54 Å². The van der Waals surface area contributed by atoms with E-state index in [0.717, 1.165) is 31.9 Å². The summed E-state index contributed by atoms with van der Waals surface area (Å²) in [6.45, 7) is 5.35. The van der Waals surface area contributed by atoms with Crippen molar-refractivity contribution in [3.8, 4) is 0 Å². The number of pyridine rings is 1. The molecule has 2 aliphatic heterocycles. The van der Waals surface area contributed by atoms with E-state index in [1.165, 1.54) is 0 Å². The van der Waals surface area contributed by atoms with Crippen molar-refractivity contribution in [1.82, 2.24) is 24.5 Å². The molecule has 1 saturated heterocycles. The van der Waals surface area contributed by atoms with E-state index in [-0.39, 0.29) is 24.5 Å². The molecule has 184 valence electrons. The fourth-order valence-corrected chi connectivity index (χ4v) is 4.82. The van der Waals surface area contributed by atoms with Crippen LogP contribution in [0, 0.1) is 5.92 Å². The number of esters is 1. The molecule has 6 rings (SSSR count). The number of rotatable bonds is 6. The molecule has 0 saturated carbocycles. The summed E-state index contributed by atoms with van der Waals surface area (Å²) in [4.78, 5) is 35.3. The summed E-state index contributed by atoms with van der Waals surface area (Å²) in [7, 11) is 0. The van der Waals surface area contributed by atoms with Gasteiger partial charge in [0.15, 0.2) is 17.0 Å². The number of fused-ring (bicyclic) bond motifs is 2. The van der Waals surface area contributed by atoms with E-state index in [1.807, 2.05) is 47.9 Å². The molecule has 0 N–H and O–H groups in total. The van der Waals surface area contributed by atoms with Gasteiger partial charge in [0, 0.05) is 56.4 Å². The molecule has 5 heterocycles. The zero-order chi connectivity index (χ0) is 24.5. The van der Waals surface area contributed by atoms with Gasteiger partial charge in [-0.25, -0.2) is 9.99 Å². The minimum Gasteiger partial charge on any atom is -0.465 e. The van der Waals surface area contributed by atoms with Gasteiger partial charge in [-0.3, -0.25) is 9.78 Å². The average molecular weight is 486 g/mol. The molecule has 0 amide bonds. The second kappa shape index (κ2) is 9.40. The number of ether oxygens (including phenoxy) is 1. The number of hydrogen-bond acceptors (Lipinski definition) is 10. The summed E-state index contributed by atoms with van der Waals surface area (Å²) in [6.07, 6.45) is 15.5. The van der Waals surface area contributed by atoms with Crippen molar-refractivity contribution in [1.29, 1.82) is 0 Å². The van der Waals surface area contributed by atoms with Gasteiger partial charge in [-0.1, -0.05) is 24.3 Å². The zero-order valence-electron chi connectivity index (χ0n) is 20.0. The molecular formula is C25H27N9O2. The summed E-state index contributed by atoms with van der Waals surface area (Å²) >= 11 is 0. The Balaban J connectivity index is 1.34. The largest absolute Gasteiger partial charge is 0.465 e. The maximum absolute atomic E-state index is 12.3. The molecule has 3 aliphatic rings. The van der Waals surface area contributed by atoms with Crippen LogP contribution in [0.15, 0.2) is 60.3 Å². The van der Waals surface area contributed by atoms with Crippen LogP contribution < -0.4 is 14.8 Å². The predicted molar refractivity (Wildman–Crippen MR) is 137 cm³/mol. The standard InChI is InChI=1S/C25H27N9O2/c1-2-36-21(35)16-33-17-27-22-23(33)29-25(30-24(22)34-20-6-4-3-5-18(20)15-28-34)32-13-11-31(12-14-32)19-7-9-26-10-8-19/h3-10,15,17-18,20H,2,11-14,16H2,1H3. The van der Waals surface area contributed by atoms with Gasteiger partial charge >= 0.3 is 5.97 Å². The number of nitrogens with zero attached hydrogens (tertiary/aromatic N) is 9. The monoisotopic (exact) mass is 485 g/mol. The first-order valence-electron chi connectivity index (χ1n) is 12.2. The molecule has 11 heteroatoms. The Morgan fingerprint density at radius 1 is 1.06 bits per heavy atom. The summed E-state index contributed by atoms with van der Waals surface area (Å²) in [5.41, 5.74) is 2.36. The van der Waals surface area contributed by atoms with Crippen LogP contribution in [0.1, 0.15) is 6.92 Å². The minimum atomic E-state index is -0.330. The number of piperazine rings is 1. The van der Waals surface area contributed by atoms with Crippen LogP contribution in [0.25, 0.3) is 11.2 Å². The number of imidazole rings is 1. The van der Waals surface area contributed by atoms with Crippen LogP contribution >= 0.6 is 0 Å². The van der Waals surface area contributed by atoms with Gasteiger partial charge in [-0.2, -0.15) is 15.1 Å². The third-order valence-electron chi connectivity index (χ3n) is 6.64. The van der Waals surface area contributed by atoms with E-state index in [0.29, 0.717) is 29.5 Å².